The van der Waals surface area contributed by atoms with Gasteiger partial charge in [-0.05, 0) is 61.6 Å². The Hall–Kier alpha value is -4.35. The Labute approximate surface area is 205 Å². The molecule has 0 fully saturated rings. The van der Waals surface area contributed by atoms with Crippen LogP contribution in [-0.4, -0.2) is 24.7 Å². The topological polar surface area (TPSA) is 100 Å². The van der Waals surface area contributed by atoms with Gasteiger partial charge in [0.15, 0.2) is 5.82 Å². The molecule has 0 amide bonds. The van der Waals surface area contributed by atoms with E-state index >= 15 is 0 Å². The third-order valence-electron chi connectivity index (χ3n) is 6.20. The minimum absolute atomic E-state index is 0.182. The molecule has 1 aromatic carbocycles. The number of aromatic amines is 1. The van der Waals surface area contributed by atoms with Crippen LogP contribution in [0.1, 0.15) is 34.7 Å². The lowest BCUT2D eigenvalue weighted by Gasteiger charge is -2.09. The number of hydrogen-bond acceptors (Lipinski definition) is 6. The third kappa shape index (κ3) is 3.86. The molecule has 0 aliphatic heterocycles. The van der Waals surface area contributed by atoms with Gasteiger partial charge in [-0.1, -0.05) is 18.2 Å². The number of nitriles is 1. The number of aromatic nitrogens is 5. The van der Waals surface area contributed by atoms with Crippen LogP contribution in [0.25, 0.3) is 38.8 Å². The predicted molar refractivity (Wildman–Crippen MR) is 137 cm³/mol. The zero-order valence-corrected chi connectivity index (χ0v) is 19.5. The molecule has 4 aromatic heterocycles. The molecule has 1 aliphatic carbocycles. The number of thiophene rings is 1. The first-order chi connectivity index (χ1) is 17.2. The Balaban J connectivity index is 1.50. The van der Waals surface area contributed by atoms with Gasteiger partial charge < -0.3 is 4.98 Å². The molecule has 35 heavy (non-hydrogen) atoms. The van der Waals surface area contributed by atoms with Crippen LogP contribution in [0, 0.1) is 11.3 Å². The van der Waals surface area contributed by atoms with Crippen molar-refractivity contribution in [3.63, 3.8) is 0 Å². The maximum atomic E-state index is 13.0. The summed E-state index contributed by atoms with van der Waals surface area (Å²) < 4.78 is 1.77. The normalized spacial score (nSPS) is 13.5. The highest BCUT2D eigenvalue weighted by atomic mass is 32.1. The number of fused-ring (bicyclic) bond motifs is 3. The molecule has 170 valence electrons. The molecule has 1 N–H and O–H groups in total. The number of para-hydroxylation sites is 1. The summed E-state index contributed by atoms with van der Waals surface area (Å²) in [6.45, 7) is 0. The van der Waals surface area contributed by atoms with E-state index < -0.39 is 0 Å². The van der Waals surface area contributed by atoms with Gasteiger partial charge >= 0.3 is 0 Å². The first kappa shape index (κ1) is 21.2. The number of H-pyrrole nitrogens is 1. The van der Waals surface area contributed by atoms with Crippen LogP contribution in [0.15, 0.2) is 65.8 Å². The highest BCUT2D eigenvalue weighted by Crippen LogP contribution is 2.34. The quantitative estimate of drug-likeness (QED) is 0.361. The van der Waals surface area contributed by atoms with Crippen LogP contribution >= 0.6 is 11.3 Å². The standard InChI is InChI=1S/C27H20N6OS/c28-14-18(25-30-26(34)23-21-10-4-5-11-22(21)35-27(23)31-25)13-19-16-33(20-8-2-1-3-9-20)32-24(19)17-7-6-12-29-15-17/h1-3,6-9,12-13,15-16H,4-5,10-11H2,(H,30,31,34)/b18-13+. The predicted octanol–water partition coefficient (Wildman–Crippen LogP) is 5.18. The van der Waals surface area contributed by atoms with Crippen molar-refractivity contribution in [1.82, 2.24) is 24.7 Å². The third-order valence-corrected chi connectivity index (χ3v) is 7.38. The summed E-state index contributed by atoms with van der Waals surface area (Å²) in [6, 6.07) is 15.8. The minimum Gasteiger partial charge on any atom is -0.305 e. The molecule has 0 saturated heterocycles. The summed E-state index contributed by atoms with van der Waals surface area (Å²) in [7, 11) is 0. The van der Waals surface area contributed by atoms with Gasteiger partial charge in [0.05, 0.1) is 16.6 Å². The summed E-state index contributed by atoms with van der Waals surface area (Å²) >= 11 is 1.57. The number of pyridine rings is 1. The molecule has 8 heteroatoms. The van der Waals surface area contributed by atoms with Crippen LogP contribution in [0.3, 0.4) is 0 Å². The van der Waals surface area contributed by atoms with E-state index in [1.807, 2.05) is 48.7 Å². The molecule has 7 nitrogen and oxygen atoms in total. The Morgan fingerprint density at radius 2 is 2.00 bits per heavy atom. The number of benzene rings is 1. The van der Waals surface area contributed by atoms with Gasteiger partial charge in [0.1, 0.15) is 16.6 Å². The monoisotopic (exact) mass is 476 g/mol. The van der Waals surface area contributed by atoms with Crippen molar-refractivity contribution >= 4 is 33.2 Å². The second kappa shape index (κ2) is 8.78. The molecule has 0 atom stereocenters. The summed E-state index contributed by atoms with van der Waals surface area (Å²) in [5, 5.41) is 15.5. The van der Waals surface area contributed by atoms with Gasteiger partial charge in [0, 0.05) is 34.6 Å². The largest absolute Gasteiger partial charge is 0.305 e. The highest BCUT2D eigenvalue weighted by Gasteiger charge is 2.21. The first-order valence-corrected chi connectivity index (χ1v) is 12.2. The molecular weight excluding hydrogens is 456 g/mol. The number of nitrogens with zero attached hydrogens (tertiary/aromatic N) is 5. The Bertz CT molecular complexity index is 1670. The fourth-order valence-corrected chi connectivity index (χ4v) is 5.80. The van der Waals surface area contributed by atoms with E-state index in [4.69, 9.17) is 10.1 Å². The van der Waals surface area contributed by atoms with E-state index in [0.717, 1.165) is 48.1 Å². The van der Waals surface area contributed by atoms with E-state index in [-0.39, 0.29) is 17.0 Å². The Morgan fingerprint density at radius 1 is 1.14 bits per heavy atom. The Kier molecular flexibility index (Phi) is 5.32. The number of hydrogen-bond donors (Lipinski definition) is 1. The molecular formula is C27H20N6OS. The lowest BCUT2D eigenvalue weighted by molar-refractivity contribution is 0.700. The Morgan fingerprint density at radius 3 is 2.80 bits per heavy atom. The first-order valence-electron chi connectivity index (χ1n) is 11.4. The van der Waals surface area contributed by atoms with E-state index in [2.05, 4.69) is 16.0 Å². The summed E-state index contributed by atoms with van der Waals surface area (Å²) in [5.74, 6) is 0.271. The fourth-order valence-electron chi connectivity index (χ4n) is 4.53. The van der Waals surface area contributed by atoms with E-state index in [1.165, 1.54) is 4.88 Å². The molecule has 0 spiro atoms. The fraction of sp³-hybridized carbons (Fsp3) is 0.148. The van der Waals surface area contributed by atoms with Gasteiger partial charge in [0.25, 0.3) is 5.56 Å². The zero-order valence-electron chi connectivity index (χ0n) is 18.7. The lowest BCUT2D eigenvalue weighted by Crippen LogP contribution is -2.12. The van der Waals surface area contributed by atoms with Gasteiger partial charge in [-0.2, -0.15) is 10.4 Å². The van der Waals surface area contributed by atoms with Crippen LogP contribution < -0.4 is 5.56 Å². The van der Waals surface area contributed by atoms with Crippen molar-refractivity contribution in [3.8, 4) is 23.0 Å². The van der Waals surface area contributed by atoms with E-state index in [9.17, 15) is 10.1 Å². The minimum atomic E-state index is -0.182. The average molecular weight is 477 g/mol. The molecule has 6 rings (SSSR count). The molecule has 4 heterocycles. The van der Waals surface area contributed by atoms with E-state index in [1.54, 1.807) is 34.5 Å². The summed E-state index contributed by atoms with van der Waals surface area (Å²) in [5.41, 5.74) is 4.35. The van der Waals surface area contributed by atoms with Crippen molar-refractivity contribution in [2.45, 2.75) is 25.7 Å². The second-order valence-electron chi connectivity index (χ2n) is 8.43. The summed E-state index contributed by atoms with van der Waals surface area (Å²) in [6.07, 6.45) is 11.2. The SMILES string of the molecule is N#C/C(=C\c1cn(-c2ccccc2)nc1-c1cccnc1)c1nc2sc3c(c2c(=O)[nH]1)CCCC3. The maximum Gasteiger partial charge on any atom is 0.260 e. The van der Waals surface area contributed by atoms with Gasteiger partial charge in [-0.25, -0.2) is 9.67 Å². The van der Waals surface area contributed by atoms with Gasteiger partial charge in [-0.3, -0.25) is 9.78 Å². The average Bonchev–Trinajstić information content (AvgIpc) is 3.50. The van der Waals surface area contributed by atoms with Crippen molar-refractivity contribution < 1.29 is 0 Å². The van der Waals surface area contributed by atoms with Crippen LogP contribution in [0.4, 0.5) is 0 Å². The molecule has 0 radical (unpaired) electrons. The molecule has 0 saturated carbocycles. The van der Waals surface area contributed by atoms with E-state index in [0.29, 0.717) is 15.9 Å². The van der Waals surface area contributed by atoms with Crippen molar-refractivity contribution in [3.05, 3.63) is 93.2 Å². The van der Waals surface area contributed by atoms with Crippen LogP contribution in [0.2, 0.25) is 0 Å². The van der Waals surface area contributed by atoms with Gasteiger partial charge in [-0.15, -0.1) is 11.3 Å². The second-order valence-corrected chi connectivity index (χ2v) is 9.51. The van der Waals surface area contributed by atoms with Crippen molar-refractivity contribution in [1.29, 1.82) is 5.26 Å². The van der Waals surface area contributed by atoms with Crippen molar-refractivity contribution in [2.24, 2.45) is 0 Å². The lowest BCUT2D eigenvalue weighted by atomic mass is 9.97. The molecule has 5 aromatic rings. The number of rotatable bonds is 4. The highest BCUT2D eigenvalue weighted by molar-refractivity contribution is 7.18. The van der Waals surface area contributed by atoms with Gasteiger partial charge in [0.2, 0.25) is 0 Å². The smallest absolute Gasteiger partial charge is 0.260 e. The van der Waals surface area contributed by atoms with Crippen LogP contribution in [-0.2, 0) is 12.8 Å². The molecule has 0 unspecified atom stereocenters. The van der Waals surface area contributed by atoms with Crippen LogP contribution in [0.5, 0.6) is 0 Å². The molecule has 0 bridgehead atoms. The number of aryl methyl sites for hydroxylation is 2. The summed E-state index contributed by atoms with van der Waals surface area (Å²) in [4.78, 5) is 26.8. The number of nitrogens with one attached hydrogen (secondary N) is 1. The zero-order chi connectivity index (χ0) is 23.8. The molecule has 1 aliphatic rings. The number of allylic oxidation sites excluding steroid dienone is 1. The van der Waals surface area contributed by atoms with Crippen molar-refractivity contribution in [2.75, 3.05) is 0 Å². The maximum absolute atomic E-state index is 13.0.